The van der Waals surface area contributed by atoms with Crippen LogP contribution >= 0.6 is 11.6 Å². The number of hydrogen-bond acceptors (Lipinski definition) is 3. The van der Waals surface area contributed by atoms with Gasteiger partial charge in [-0.3, -0.25) is 4.79 Å². The van der Waals surface area contributed by atoms with E-state index in [1.54, 1.807) is 24.3 Å². The van der Waals surface area contributed by atoms with Crippen LogP contribution in [-0.2, 0) is 16.6 Å². The van der Waals surface area contributed by atoms with Gasteiger partial charge in [-0.25, -0.2) is 8.42 Å². The zero-order valence-electron chi connectivity index (χ0n) is 16.7. The molecule has 7 heteroatoms. The van der Waals surface area contributed by atoms with E-state index in [-0.39, 0.29) is 17.3 Å². The van der Waals surface area contributed by atoms with Gasteiger partial charge in [0, 0.05) is 36.8 Å². The second-order valence-corrected chi connectivity index (χ2v) is 9.66. The summed E-state index contributed by atoms with van der Waals surface area (Å²) in [7, 11) is -3.61. The number of hydrogen-bond donors (Lipinski definition) is 0. The van der Waals surface area contributed by atoms with Crippen LogP contribution in [0.1, 0.15) is 48.5 Å². The van der Waals surface area contributed by atoms with Crippen LogP contribution in [0.4, 0.5) is 0 Å². The third kappa shape index (κ3) is 5.38. The molecule has 1 aliphatic heterocycles. The molecule has 0 saturated carbocycles. The first kappa shape index (κ1) is 21.8. The molecule has 1 heterocycles. The summed E-state index contributed by atoms with van der Waals surface area (Å²) >= 11 is 5.87. The third-order valence-electron chi connectivity index (χ3n) is 5.26. The molecule has 0 atom stereocenters. The molecule has 156 valence electrons. The Balaban J connectivity index is 1.72. The van der Waals surface area contributed by atoms with E-state index in [0.29, 0.717) is 17.1 Å². The Morgan fingerprint density at radius 2 is 1.55 bits per heavy atom. The fourth-order valence-corrected chi connectivity index (χ4v) is 5.10. The predicted molar refractivity (Wildman–Crippen MR) is 116 cm³/mol. The summed E-state index contributed by atoms with van der Waals surface area (Å²) < 4.78 is 27.2. The van der Waals surface area contributed by atoms with Crippen molar-refractivity contribution >= 4 is 27.5 Å². The van der Waals surface area contributed by atoms with Gasteiger partial charge >= 0.3 is 0 Å². The van der Waals surface area contributed by atoms with Gasteiger partial charge in [-0.2, -0.15) is 4.31 Å². The van der Waals surface area contributed by atoms with Crippen LogP contribution in [0.5, 0.6) is 0 Å². The first-order valence-corrected chi connectivity index (χ1v) is 11.9. The van der Waals surface area contributed by atoms with E-state index in [1.165, 1.54) is 29.3 Å². The number of nitrogens with zero attached hydrogens (tertiary/aromatic N) is 2. The van der Waals surface area contributed by atoms with Crippen LogP contribution in [0.15, 0.2) is 53.4 Å². The average Bonchev–Trinajstić information content (AvgIpc) is 3.01. The summed E-state index contributed by atoms with van der Waals surface area (Å²) in [4.78, 5) is 14.9. The van der Waals surface area contributed by atoms with Crippen molar-refractivity contribution in [2.24, 2.45) is 0 Å². The molecule has 1 aliphatic rings. The fraction of sp³-hybridized carbons (Fsp3) is 0.409. The Morgan fingerprint density at radius 3 is 2.10 bits per heavy atom. The smallest absolute Gasteiger partial charge is 0.253 e. The molecule has 1 saturated heterocycles. The highest BCUT2D eigenvalue weighted by atomic mass is 35.5. The molecule has 0 radical (unpaired) electrons. The van der Waals surface area contributed by atoms with Crippen molar-refractivity contribution in [3.05, 3.63) is 64.7 Å². The van der Waals surface area contributed by atoms with Crippen molar-refractivity contribution in [2.45, 2.75) is 44.0 Å². The molecule has 29 heavy (non-hydrogen) atoms. The van der Waals surface area contributed by atoms with Crippen LogP contribution in [0.2, 0.25) is 5.02 Å². The Hall–Kier alpha value is -1.89. The van der Waals surface area contributed by atoms with Crippen molar-refractivity contribution in [3.8, 4) is 0 Å². The van der Waals surface area contributed by atoms with Crippen LogP contribution in [-0.4, -0.2) is 43.2 Å². The fourth-order valence-electron chi connectivity index (χ4n) is 3.54. The van der Waals surface area contributed by atoms with E-state index < -0.39 is 10.0 Å². The average molecular weight is 435 g/mol. The molecule has 3 rings (SSSR count). The molecular weight excluding hydrogens is 408 g/mol. The zero-order chi connectivity index (χ0) is 20.9. The lowest BCUT2D eigenvalue weighted by molar-refractivity contribution is 0.0761. The Morgan fingerprint density at radius 1 is 0.966 bits per heavy atom. The number of carbonyl (C=O) groups is 1. The second-order valence-electron chi connectivity index (χ2n) is 7.29. The Bertz CT molecular complexity index is 920. The Labute approximate surface area is 178 Å². The molecule has 1 amide bonds. The lowest BCUT2D eigenvalue weighted by Crippen LogP contribution is -2.32. The molecule has 1 fully saturated rings. The first-order valence-electron chi connectivity index (χ1n) is 10.1. The number of rotatable bonds is 6. The molecule has 2 aromatic carbocycles. The minimum atomic E-state index is -3.61. The van der Waals surface area contributed by atoms with Crippen molar-refractivity contribution in [3.63, 3.8) is 0 Å². The predicted octanol–water partition coefficient (Wildman–Crippen LogP) is 4.57. The first-order chi connectivity index (χ1) is 13.9. The van der Waals surface area contributed by atoms with E-state index >= 15 is 0 Å². The lowest BCUT2D eigenvalue weighted by atomic mass is 10.1. The van der Waals surface area contributed by atoms with E-state index in [2.05, 4.69) is 0 Å². The van der Waals surface area contributed by atoms with Crippen LogP contribution in [0, 0.1) is 0 Å². The number of benzene rings is 2. The molecular formula is C22H27ClN2O3S. The largest absolute Gasteiger partial charge is 0.339 e. The van der Waals surface area contributed by atoms with Crippen LogP contribution < -0.4 is 0 Å². The van der Waals surface area contributed by atoms with Gasteiger partial charge < -0.3 is 4.90 Å². The normalized spacial score (nSPS) is 15.3. The summed E-state index contributed by atoms with van der Waals surface area (Å²) in [6.07, 6.45) is 4.46. The van der Waals surface area contributed by atoms with Gasteiger partial charge in [0.2, 0.25) is 10.0 Å². The van der Waals surface area contributed by atoms with Crippen molar-refractivity contribution in [1.82, 2.24) is 9.21 Å². The van der Waals surface area contributed by atoms with Crippen molar-refractivity contribution < 1.29 is 13.2 Å². The van der Waals surface area contributed by atoms with Crippen LogP contribution in [0.3, 0.4) is 0 Å². The molecule has 5 nitrogen and oxygen atoms in total. The molecule has 0 bridgehead atoms. The number of carbonyl (C=O) groups excluding carboxylic acids is 1. The maximum atomic E-state index is 12.9. The number of likely N-dealkylation sites (tertiary alicyclic amines) is 1. The quantitative estimate of drug-likeness (QED) is 0.669. The summed E-state index contributed by atoms with van der Waals surface area (Å²) in [5, 5.41) is 0.497. The minimum absolute atomic E-state index is 0.0552. The highest BCUT2D eigenvalue weighted by Crippen LogP contribution is 2.21. The zero-order valence-corrected chi connectivity index (χ0v) is 18.3. The molecule has 0 aliphatic carbocycles. The molecule has 0 aromatic heterocycles. The van der Waals surface area contributed by atoms with Gasteiger partial charge in [0.05, 0.1) is 4.90 Å². The summed E-state index contributed by atoms with van der Waals surface area (Å²) in [6, 6.07) is 13.5. The molecule has 2 aromatic rings. The summed E-state index contributed by atoms with van der Waals surface area (Å²) in [5.41, 5.74) is 1.50. The van der Waals surface area contributed by atoms with Gasteiger partial charge in [0.15, 0.2) is 0 Å². The van der Waals surface area contributed by atoms with E-state index in [1.807, 2.05) is 24.0 Å². The maximum absolute atomic E-state index is 12.9. The lowest BCUT2D eigenvalue weighted by Gasteiger charge is -2.22. The number of halogens is 1. The van der Waals surface area contributed by atoms with Gasteiger partial charge in [0.25, 0.3) is 5.91 Å². The monoisotopic (exact) mass is 434 g/mol. The molecule has 0 spiro atoms. The van der Waals surface area contributed by atoms with Gasteiger partial charge in [-0.1, -0.05) is 43.5 Å². The number of amides is 1. The summed E-state index contributed by atoms with van der Waals surface area (Å²) in [6.45, 7) is 4.02. The Kier molecular flexibility index (Phi) is 7.33. The topological polar surface area (TPSA) is 57.7 Å². The van der Waals surface area contributed by atoms with Crippen molar-refractivity contribution in [1.29, 1.82) is 0 Å². The maximum Gasteiger partial charge on any atom is 0.253 e. The van der Waals surface area contributed by atoms with Crippen LogP contribution in [0.25, 0.3) is 0 Å². The van der Waals surface area contributed by atoms with Gasteiger partial charge in [-0.05, 0) is 54.8 Å². The van der Waals surface area contributed by atoms with E-state index in [0.717, 1.165) is 31.5 Å². The molecule has 0 N–H and O–H groups in total. The molecule has 0 unspecified atom stereocenters. The van der Waals surface area contributed by atoms with Gasteiger partial charge in [-0.15, -0.1) is 0 Å². The highest BCUT2D eigenvalue weighted by Gasteiger charge is 2.23. The van der Waals surface area contributed by atoms with E-state index in [9.17, 15) is 13.2 Å². The van der Waals surface area contributed by atoms with Gasteiger partial charge in [0.1, 0.15) is 0 Å². The second kappa shape index (κ2) is 9.74. The third-order valence-corrected chi connectivity index (χ3v) is 7.44. The van der Waals surface area contributed by atoms with E-state index in [4.69, 9.17) is 11.6 Å². The SMILES string of the molecule is CCN(Cc1ccc(C(=O)N2CCCCCC2)cc1)S(=O)(=O)c1ccc(Cl)cc1. The highest BCUT2D eigenvalue weighted by molar-refractivity contribution is 7.89. The minimum Gasteiger partial charge on any atom is -0.339 e. The summed E-state index contributed by atoms with van der Waals surface area (Å²) in [5.74, 6) is 0.0552. The number of sulfonamides is 1. The standard InChI is InChI=1S/C22H27ClN2O3S/c1-2-25(29(27,28)21-13-11-20(23)12-14-21)17-18-7-9-19(10-8-18)22(26)24-15-5-3-4-6-16-24/h7-14H,2-6,15-17H2,1H3. The van der Waals surface area contributed by atoms with Crippen molar-refractivity contribution in [2.75, 3.05) is 19.6 Å².